The molecule has 0 fully saturated rings. The smallest absolute Gasteiger partial charge is 0.335 e. The zero-order chi connectivity index (χ0) is 12.5. The molecule has 17 heavy (non-hydrogen) atoms. The Hall–Kier alpha value is -0.500. The molecule has 0 aromatic rings. The van der Waals surface area contributed by atoms with Gasteiger partial charge in [-0.25, -0.2) is 4.79 Å². The van der Waals surface area contributed by atoms with Gasteiger partial charge in [-0.1, -0.05) is 45.1 Å². The van der Waals surface area contributed by atoms with E-state index in [0.717, 1.165) is 19.3 Å². The maximum atomic E-state index is 11.4. The van der Waals surface area contributed by atoms with E-state index >= 15 is 0 Å². The second-order valence-electron chi connectivity index (χ2n) is 4.68. The molecule has 0 bridgehead atoms. The fourth-order valence-corrected chi connectivity index (χ4v) is 2.29. The third-order valence-corrected chi connectivity index (χ3v) is 3.47. The fourth-order valence-electron chi connectivity index (χ4n) is 2.07. The summed E-state index contributed by atoms with van der Waals surface area (Å²) in [6.07, 6.45) is 11.5. The van der Waals surface area contributed by atoms with Crippen molar-refractivity contribution in [2.24, 2.45) is 0 Å². The van der Waals surface area contributed by atoms with E-state index in [4.69, 9.17) is 16.3 Å². The molecule has 1 heterocycles. The first-order chi connectivity index (χ1) is 8.27. The molecule has 1 atom stereocenters. The van der Waals surface area contributed by atoms with Crippen molar-refractivity contribution in [1.29, 1.82) is 0 Å². The standard InChI is InChI=1S/C14H23ClO2/c1-2-3-4-5-6-7-8-13-10-9-12(11-15)14(16)17-13/h9,13H,2-8,10-11H2,1H3. The Balaban J connectivity index is 2.09. The van der Waals surface area contributed by atoms with Gasteiger partial charge in [-0.2, -0.15) is 0 Å². The zero-order valence-electron chi connectivity index (χ0n) is 10.7. The Morgan fingerprint density at radius 2 is 2.00 bits per heavy atom. The number of carbonyl (C=O) groups excluding carboxylic acids is 1. The van der Waals surface area contributed by atoms with Crippen LogP contribution < -0.4 is 0 Å². The van der Waals surface area contributed by atoms with Gasteiger partial charge in [-0.15, -0.1) is 11.6 Å². The van der Waals surface area contributed by atoms with Crippen molar-refractivity contribution in [3.05, 3.63) is 11.6 Å². The van der Waals surface area contributed by atoms with Gasteiger partial charge in [0.15, 0.2) is 0 Å². The van der Waals surface area contributed by atoms with Crippen LogP contribution in [-0.2, 0) is 9.53 Å². The largest absolute Gasteiger partial charge is 0.459 e. The average molecular weight is 259 g/mol. The van der Waals surface area contributed by atoms with Crippen molar-refractivity contribution in [3.63, 3.8) is 0 Å². The molecule has 2 nitrogen and oxygen atoms in total. The van der Waals surface area contributed by atoms with Crippen molar-refractivity contribution in [2.75, 3.05) is 5.88 Å². The number of carbonyl (C=O) groups is 1. The predicted molar refractivity (Wildman–Crippen MR) is 71.3 cm³/mol. The second-order valence-corrected chi connectivity index (χ2v) is 4.95. The normalized spacial score (nSPS) is 20.0. The molecular formula is C14H23ClO2. The number of esters is 1. The number of ether oxygens (including phenoxy) is 1. The number of rotatable bonds is 8. The van der Waals surface area contributed by atoms with Gasteiger partial charge in [0.1, 0.15) is 6.10 Å². The van der Waals surface area contributed by atoms with Crippen LogP contribution in [-0.4, -0.2) is 18.0 Å². The molecule has 0 radical (unpaired) electrons. The lowest BCUT2D eigenvalue weighted by molar-refractivity contribution is -0.145. The molecule has 1 rings (SSSR count). The first kappa shape index (κ1) is 14.6. The zero-order valence-corrected chi connectivity index (χ0v) is 11.5. The highest BCUT2D eigenvalue weighted by Gasteiger charge is 2.21. The Bertz CT molecular complexity index is 261. The van der Waals surface area contributed by atoms with E-state index < -0.39 is 0 Å². The first-order valence-electron chi connectivity index (χ1n) is 6.74. The summed E-state index contributed by atoms with van der Waals surface area (Å²) < 4.78 is 5.33. The first-order valence-corrected chi connectivity index (χ1v) is 7.27. The molecule has 0 amide bonds. The minimum atomic E-state index is -0.220. The lowest BCUT2D eigenvalue weighted by Crippen LogP contribution is -2.24. The Morgan fingerprint density at radius 3 is 2.65 bits per heavy atom. The summed E-state index contributed by atoms with van der Waals surface area (Å²) in [5.41, 5.74) is 0.617. The molecule has 0 aromatic carbocycles. The van der Waals surface area contributed by atoms with E-state index in [1.54, 1.807) is 0 Å². The van der Waals surface area contributed by atoms with Gasteiger partial charge in [0.05, 0.1) is 5.88 Å². The number of hydrogen-bond acceptors (Lipinski definition) is 2. The average Bonchev–Trinajstić information content (AvgIpc) is 2.34. The van der Waals surface area contributed by atoms with Gasteiger partial charge in [0.2, 0.25) is 0 Å². The third-order valence-electron chi connectivity index (χ3n) is 3.19. The number of unbranched alkanes of at least 4 members (excludes halogenated alkanes) is 5. The molecule has 1 unspecified atom stereocenters. The molecule has 0 saturated heterocycles. The van der Waals surface area contributed by atoms with Gasteiger partial charge in [0, 0.05) is 12.0 Å². The van der Waals surface area contributed by atoms with Crippen LogP contribution in [0.2, 0.25) is 0 Å². The fraction of sp³-hybridized carbons (Fsp3) is 0.786. The third kappa shape index (κ3) is 5.58. The highest BCUT2D eigenvalue weighted by molar-refractivity contribution is 6.22. The van der Waals surface area contributed by atoms with Crippen LogP contribution in [0.25, 0.3) is 0 Å². The number of alkyl halides is 1. The van der Waals surface area contributed by atoms with E-state index in [1.165, 1.54) is 32.1 Å². The molecule has 1 aliphatic heterocycles. The number of hydrogen-bond donors (Lipinski definition) is 0. The Labute approximate surface area is 109 Å². The SMILES string of the molecule is CCCCCCCCC1CC=C(CCl)C(=O)O1. The monoisotopic (exact) mass is 258 g/mol. The molecule has 3 heteroatoms. The molecule has 0 aliphatic carbocycles. The molecule has 98 valence electrons. The Morgan fingerprint density at radius 1 is 1.29 bits per heavy atom. The highest BCUT2D eigenvalue weighted by Crippen LogP contribution is 2.20. The summed E-state index contributed by atoms with van der Waals surface area (Å²) in [4.78, 5) is 11.4. The van der Waals surface area contributed by atoms with Crippen LogP contribution in [0.3, 0.4) is 0 Å². The summed E-state index contributed by atoms with van der Waals surface area (Å²) in [6, 6.07) is 0. The molecule has 0 spiro atoms. The quantitative estimate of drug-likeness (QED) is 0.370. The number of cyclic esters (lactones) is 1. The van der Waals surface area contributed by atoms with Crippen LogP contribution >= 0.6 is 11.6 Å². The van der Waals surface area contributed by atoms with Crippen molar-refractivity contribution in [1.82, 2.24) is 0 Å². The molecule has 1 aliphatic rings. The second kappa shape index (κ2) is 8.57. The summed E-state index contributed by atoms with van der Waals surface area (Å²) in [5.74, 6) is 0.0463. The topological polar surface area (TPSA) is 26.3 Å². The lowest BCUT2D eigenvalue weighted by Gasteiger charge is -2.21. The van der Waals surface area contributed by atoms with E-state index in [9.17, 15) is 4.79 Å². The summed E-state index contributed by atoms with van der Waals surface area (Å²) >= 11 is 5.63. The summed E-state index contributed by atoms with van der Waals surface area (Å²) in [6.45, 7) is 2.22. The van der Waals surface area contributed by atoms with Gasteiger partial charge >= 0.3 is 5.97 Å². The van der Waals surface area contributed by atoms with Crippen molar-refractivity contribution in [3.8, 4) is 0 Å². The summed E-state index contributed by atoms with van der Waals surface area (Å²) in [7, 11) is 0. The molecule has 0 N–H and O–H groups in total. The highest BCUT2D eigenvalue weighted by atomic mass is 35.5. The maximum Gasteiger partial charge on any atom is 0.335 e. The predicted octanol–water partition coefficient (Wildman–Crippen LogP) is 4.22. The van der Waals surface area contributed by atoms with Crippen LogP contribution in [0.5, 0.6) is 0 Å². The lowest BCUT2D eigenvalue weighted by atomic mass is 10.0. The molecular weight excluding hydrogens is 236 g/mol. The minimum absolute atomic E-state index is 0.0839. The van der Waals surface area contributed by atoms with Gasteiger partial charge in [-0.3, -0.25) is 0 Å². The van der Waals surface area contributed by atoms with Crippen molar-refractivity contribution >= 4 is 17.6 Å². The maximum absolute atomic E-state index is 11.4. The van der Waals surface area contributed by atoms with Crippen LogP contribution in [0.4, 0.5) is 0 Å². The van der Waals surface area contributed by atoms with E-state index in [1.807, 2.05) is 6.08 Å². The minimum Gasteiger partial charge on any atom is -0.459 e. The van der Waals surface area contributed by atoms with Crippen molar-refractivity contribution < 1.29 is 9.53 Å². The van der Waals surface area contributed by atoms with Crippen molar-refractivity contribution in [2.45, 2.75) is 64.4 Å². The molecule has 0 saturated carbocycles. The van der Waals surface area contributed by atoms with E-state index in [-0.39, 0.29) is 18.0 Å². The van der Waals surface area contributed by atoms with Crippen LogP contribution in [0.15, 0.2) is 11.6 Å². The Kier molecular flexibility index (Phi) is 7.34. The summed E-state index contributed by atoms with van der Waals surface area (Å²) in [5, 5.41) is 0. The van der Waals surface area contributed by atoms with Gasteiger partial charge in [0.25, 0.3) is 0 Å². The number of halogens is 1. The van der Waals surface area contributed by atoms with E-state index in [0.29, 0.717) is 5.57 Å². The van der Waals surface area contributed by atoms with Crippen LogP contribution in [0.1, 0.15) is 58.3 Å². The van der Waals surface area contributed by atoms with E-state index in [2.05, 4.69) is 6.92 Å². The molecule has 0 aromatic heterocycles. The van der Waals surface area contributed by atoms with Gasteiger partial charge < -0.3 is 4.74 Å². The van der Waals surface area contributed by atoms with Gasteiger partial charge in [-0.05, 0) is 12.8 Å². The van der Waals surface area contributed by atoms with Crippen LogP contribution in [0, 0.1) is 0 Å².